The summed E-state index contributed by atoms with van der Waals surface area (Å²) in [7, 11) is 1.60. The summed E-state index contributed by atoms with van der Waals surface area (Å²) in [5, 5.41) is 0.929. The van der Waals surface area contributed by atoms with Crippen LogP contribution in [0.5, 0.6) is 5.88 Å². The van der Waals surface area contributed by atoms with Crippen molar-refractivity contribution in [2.24, 2.45) is 0 Å². The van der Waals surface area contributed by atoms with Crippen molar-refractivity contribution < 1.29 is 9.53 Å². The number of anilines is 1. The van der Waals surface area contributed by atoms with E-state index in [0.717, 1.165) is 34.5 Å². The Labute approximate surface area is 145 Å². The zero-order chi connectivity index (χ0) is 17.3. The van der Waals surface area contributed by atoms with Crippen LogP contribution in [-0.2, 0) is 0 Å². The number of carbonyl (C=O) groups excluding carboxylic acids is 1. The normalized spacial score (nSPS) is 14.8. The lowest BCUT2D eigenvalue weighted by Crippen LogP contribution is -2.49. The van der Waals surface area contributed by atoms with E-state index in [4.69, 9.17) is 4.74 Å². The molecule has 3 heterocycles. The van der Waals surface area contributed by atoms with Crippen molar-refractivity contribution in [2.75, 3.05) is 38.2 Å². The molecule has 1 fully saturated rings. The molecule has 1 saturated heterocycles. The minimum atomic E-state index is 0.0780. The Morgan fingerprint density at radius 1 is 1.12 bits per heavy atom. The van der Waals surface area contributed by atoms with Crippen LogP contribution >= 0.6 is 11.3 Å². The summed E-state index contributed by atoms with van der Waals surface area (Å²) in [6, 6.07) is 1.83. The lowest BCUT2D eigenvalue weighted by Gasteiger charge is -2.35. The predicted octanol–water partition coefficient (Wildman–Crippen LogP) is 1.83. The van der Waals surface area contributed by atoms with E-state index in [9.17, 15) is 4.79 Å². The van der Waals surface area contributed by atoms with E-state index in [1.165, 1.54) is 11.3 Å². The highest BCUT2D eigenvalue weighted by atomic mass is 32.1. The summed E-state index contributed by atoms with van der Waals surface area (Å²) in [5.41, 5.74) is 0.820. The monoisotopic (exact) mass is 347 g/mol. The van der Waals surface area contributed by atoms with Crippen molar-refractivity contribution in [1.82, 2.24) is 19.9 Å². The topological polar surface area (TPSA) is 71.5 Å². The molecule has 2 aromatic rings. The van der Waals surface area contributed by atoms with Crippen LogP contribution < -0.4 is 9.64 Å². The van der Waals surface area contributed by atoms with Gasteiger partial charge in [0.15, 0.2) is 0 Å². The van der Waals surface area contributed by atoms with Crippen LogP contribution in [0.3, 0.4) is 0 Å². The number of piperazine rings is 1. The second-order valence-electron chi connectivity index (χ2n) is 5.74. The first-order chi connectivity index (χ1) is 11.5. The van der Waals surface area contributed by atoms with Crippen molar-refractivity contribution in [3.05, 3.63) is 27.5 Å². The molecule has 2 aromatic heterocycles. The van der Waals surface area contributed by atoms with Crippen LogP contribution in [0.1, 0.15) is 26.2 Å². The Kier molecular flexibility index (Phi) is 4.66. The molecule has 1 aliphatic rings. The molecule has 0 bridgehead atoms. The van der Waals surface area contributed by atoms with Crippen LogP contribution in [0.15, 0.2) is 6.07 Å². The number of rotatable bonds is 3. The van der Waals surface area contributed by atoms with Gasteiger partial charge in [0, 0.05) is 32.2 Å². The third kappa shape index (κ3) is 3.33. The van der Waals surface area contributed by atoms with Gasteiger partial charge in [-0.2, -0.15) is 4.98 Å². The number of hydrogen-bond donors (Lipinski definition) is 0. The Morgan fingerprint density at radius 2 is 1.83 bits per heavy atom. The molecule has 8 heteroatoms. The summed E-state index contributed by atoms with van der Waals surface area (Å²) in [6.07, 6.45) is 0. The highest BCUT2D eigenvalue weighted by Crippen LogP contribution is 2.22. The van der Waals surface area contributed by atoms with Gasteiger partial charge in [0.05, 0.1) is 17.8 Å². The highest BCUT2D eigenvalue weighted by molar-refractivity contribution is 7.13. The third-order valence-electron chi connectivity index (χ3n) is 4.00. The highest BCUT2D eigenvalue weighted by Gasteiger charge is 2.25. The molecule has 0 saturated carbocycles. The number of aryl methyl sites for hydroxylation is 3. The van der Waals surface area contributed by atoms with Gasteiger partial charge in [-0.15, -0.1) is 11.3 Å². The summed E-state index contributed by atoms with van der Waals surface area (Å²) < 4.78 is 5.21. The largest absolute Gasteiger partial charge is 0.481 e. The number of thiazole rings is 1. The van der Waals surface area contributed by atoms with Gasteiger partial charge in [0.25, 0.3) is 5.91 Å². The number of aromatic nitrogens is 3. The van der Waals surface area contributed by atoms with E-state index < -0.39 is 0 Å². The molecule has 3 rings (SSSR count). The van der Waals surface area contributed by atoms with Crippen molar-refractivity contribution >= 4 is 23.1 Å². The van der Waals surface area contributed by atoms with E-state index in [1.54, 1.807) is 7.11 Å². The molecular formula is C16H21N5O2S. The molecule has 7 nitrogen and oxygen atoms in total. The molecule has 24 heavy (non-hydrogen) atoms. The van der Waals surface area contributed by atoms with Crippen molar-refractivity contribution in [2.45, 2.75) is 20.8 Å². The first-order valence-electron chi connectivity index (χ1n) is 7.86. The van der Waals surface area contributed by atoms with Gasteiger partial charge in [-0.05, 0) is 20.8 Å². The van der Waals surface area contributed by atoms with Gasteiger partial charge in [-0.3, -0.25) is 4.79 Å². The molecule has 0 aromatic carbocycles. The molecule has 0 unspecified atom stereocenters. The van der Waals surface area contributed by atoms with Crippen LogP contribution in [-0.4, -0.2) is 59.0 Å². The Balaban J connectivity index is 1.68. The van der Waals surface area contributed by atoms with Gasteiger partial charge in [-0.25, -0.2) is 9.97 Å². The van der Waals surface area contributed by atoms with Crippen molar-refractivity contribution in [3.63, 3.8) is 0 Å². The minimum Gasteiger partial charge on any atom is -0.481 e. The molecule has 0 radical (unpaired) electrons. The quantitative estimate of drug-likeness (QED) is 0.843. The van der Waals surface area contributed by atoms with Crippen molar-refractivity contribution in [3.8, 4) is 5.88 Å². The lowest BCUT2D eigenvalue weighted by atomic mass is 10.2. The fourth-order valence-electron chi connectivity index (χ4n) is 2.80. The minimum absolute atomic E-state index is 0.0780. The average Bonchev–Trinajstić information content (AvgIpc) is 2.92. The molecular weight excluding hydrogens is 326 g/mol. The van der Waals surface area contributed by atoms with Crippen LogP contribution in [0.25, 0.3) is 0 Å². The Bertz CT molecular complexity index is 753. The summed E-state index contributed by atoms with van der Waals surface area (Å²) in [5.74, 6) is 2.16. The Morgan fingerprint density at radius 3 is 2.42 bits per heavy atom. The second-order valence-corrected chi connectivity index (χ2v) is 6.95. The third-order valence-corrected chi connectivity index (χ3v) is 5.06. The van der Waals surface area contributed by atoms with E-state index >= 15 is 0 Å². The molecule has 0 spiro atoms. The Hall–Kier alpha value is -2.22. The maximum atomic E-state index is 12.7. The van der Waals surface area contributed by atoms with E-state index in [-0.39, 0.29) is 5.91 Å². The van der Waals surface area contributed by atoms with Gasteiger partial charge in [-0.1, -0.05) is 0 Å². The maximum Gasteiger partial charge on any atom is 0.265 e. The summed E-state index contributed by atoms with van der Waals surface area (Å²) >= 11 is 1.47. The van der Waals surface area contributed by atoms with E-state index in [1.807, 2.05) is 31.7 Å². The van der Waals surface area contributed by atoms with Gasteiger partial charge in [0.2, 0.25) is 5.88 Å². The van der Waals surface area contributed by atoms with Crippen molar-refractivity contribution in [1.29, 1.82) is 0 Å². The number of nitrogens with zero attached hydrogens (tertiary/aromatic N) is 5. The van der Waals surface area contributed by atoms with Crippen LogP contribution in [0.4, 0.5) is 5.82 Å². The van der Waals surface area contributed by atoms with E-state index in [0.29, 0.717) is 24.8 Å². The smallest absolute Gasteiger partial charge is 0.265 e. The number of hydrogen-bond acceptors (Lipinski definition) is 7. The fraction of sp³-hybridized carbons (Fsp3) is 0.500. The lowest BCUT2D eigenvalue weighted by molar-refractivity contribution is 0.0750. The van der Waals surface area contributed by atoms with Crippen LogP contribution in [0, 0.1) is 20.8 Å². The second kappa shape index (κ2) is 6.72. The zero-order valence-corrected chi connectivity index (χ0v) is 15.2. The van der Waals surface area contributed by atoms with E-state index in [2.05, 4.69) is 19.9 Å². The standard InChI is InChI=1S/C16H21N5O2S/c1-10-15(24-12(3)17-10)16(22)21-7-5-20(6-8-21)13-9-14(23-4)19-11(2)18-13/h9H,5-8H2,1-4H3. The molecule has 1 aliphatic heterocycles. The zero-order valence-electron chi connectivity index (χ0n) is 14.4. The van der Waals surface area contributed by atoms with Gasteiger partial charge < -0.3 is 14.5 Å². The molecule has 0 aliphatic carbocycles. The molecule has 0 N–H and O–H groups in total. The summed E-state index contributed by atoms with van der Waals surface area (Å²) in [6.45, 7) is 8.48. The first kappa shape index (κ1) is 16.6. The number of amides is 1. The maximum absolute atomic E-state index is 12.7. The van der Waals surface area contributed by atoms with Gasteiger partial charge >= 0.3 is 0 Å². The van der Waals surface area contributed by atoms with Gasteiger partial charge in [0.1, 0.15) is 16.5 Å². The van der Waals surface area contributed by atoms with Crippen LogP contribution in [0.2, 0.25) is 0 Å². The number of methoxy groups -OCH3 is 1. The number of carbonyl (C=O) groups is 1. The SMILES string of the molecule is COc1cc(N2CCN(C(=O)c3sc(C)nc3C)CC2)nc(C)n1. The average molecular weight is 347 g/mol. The fourth-order valence-corrected chi connectivity index (χ4v) is 3.69. The first-order valence-corrected chi connectivity index (χ1v) is 8.67. The molecule has 0 atom stereocenters. The number of ether oxygens (including phenoxy) is 1. The summed E-state index contributed by atoms with van der Waals surface area (Å²) in [4.78, 5) is 30.5. The molecule has 1 amide bonds. The molecule has 128 valence electrons. The predicted molar refractivity (Wildman–Crippen MR) is 93.0 cm³/mol.